The molecule has 3 saturated heterocycles. The van der Waals surface area contributed by atoms with Gasteiger partial charge in [-0.15, -0.1) is 35.9 Å². The van der Waals surface area contributed by atoms with Crippen LogP contribution in [0.5, 0.6) is 0 Å². The second kappa shape index (κ2) is 8.35. The van der Waals surface area contributed by atoms with Crippen molar-refractivity contribution in [1.29, 1.82) is 0 Å². The first kappa shape index (κ1) is 18.4. The fourth-order valence-corrected chi connectivity index (χ4v) is 6.97. The Morgan fingerprint density at radius 3 is 2.58 bits per heavy atom. The van der Waals surface area contributed by atoms with Gasteiger partial charge in [-0.05, 0) is 49.3 Å². The maximum atomic E-state index is 12.4. The first-order chi connectivity index (χ1) is 11.3. The van der Waals surface area contributed by atoms with Gasteiger partial charge in [0.05, 0.1) is 4.58 Å². The molecule has 0 aliphatic carbocycles. The van der Waals surface area contributed by atoms with E-state index < -0.39 is 0 Å². The number of hydrogen-bond donors (Lipinski definition) is 2. The molecule has 132 valence electrons. The lowest BCUT2D eigenvalue weighted by atomic mass is 9.89. The van der Waals surface area contributed by atoms with E-state index in [-0.39, 0.29) is 18.3 Å². The van der Waals surface area contributed by atoms with Crippen LogP contribution < -0.4 is 10.6 Å². The number of amides is 1. The molecule has 1 aromatic carbocycles. The van der Waals surface area contributed by atoms with Crippen molar-refractivity contribution in [3.8, 4) is 0 Å². The molecule has 24 heavy (non-hydrogen) atoms. The van der Waals surface area contributed by atoms with Crippen molar-refractivity contribution in [3.05, 3.63) is 29.8 Å². The van der Waals surface area contributed by atoms with Gasteiger partial charge < -0.3 is 10.6 Å². The normalized spacial score (nSPS) is 29.2. The number of thioether (sulfide) groups is 2. The topological polar surface area (TPSA) is 41.1 Å². The van der Waals surface area contributed by atoms with Crippen LogP contribution in [0, 0.1) is 5.92 Å². The Bertz CT molecular complexity index is 568. The van der Waals surface area contributed by atoms with Gasteiger partial charge in [-0.3, -0.25) is 4.79 Å². The van der Waals surface area contributed by atoms with Crippen molar-refractivity contribution in [3.63, 3.8) is 0 Å². The summed E-state index contributed by atoms with van der Waals surface area (Å²) in [4.78, 5) is 12.4. The van der Waals surface area contributed by atoms with Crippen LogP contribution in [0.15, 0.2) is 24.3 Å². The number of piperidine rings is 1. The van der Waals surface area contributed by atoms with Gasteiger partial charge in [0.25, 0.3) is 0 Å². The summed E-state index contributed by atoms with van der Waals surface area (Å²) < 4.78 is 0.534. The highest BCUT2D eigenvalue weighted by Crippen LogP contribution is 2.45. The molecule has 2 bridgehead atoms. The molecule has 3 heterocycles. The number of fused-ring (bicyclic) bond motifs is 2. The number of halogens is 1. The summed E-state index contributed by atoms with van der Waals surface area (Å²) in [6, 6.07) is 9.72. The lowest BCUT2D eigenvalue weighted by Gasteiger charge is -2.28. The van der Waals surface area contributed by atoms with Gasteiger partial charge in [0, 0.05) is 35.7 Å². The molecule has 2 unspecified atom stereocenters. The first-order valence-corrected chi connectivity index (χ1v) is 10.7. The van der Waals surface area contributed by atoms with E-state index in [1.54, 1.807) is 0 Å². The number of hydrogen-bond acceptors (Lipinski definition) is 4. The lowest BCUT2D eigenvalue weighted by Crippen LogP contribution is -2.39. The zero-order chi connectivity index (χ0) is 15.6. The van der Waals surface area contributed by atoms with Gasteiger partial charge in [0.1, 0.15) is 0 Å². The molecule has 0 saturated carbocycles. The van der Waals surface area contributed by atoms with Crippen molar-refractivity contribution < 1.29 is 4.79 Å². The molecule has 3 aliphatic rings. The van der Waals surface area contributed by atoms with E-state index in [0.29, 0.717) is 29.0 Å². The van der Waals surface area contributed by atoms with Crippen molar-refractivity contribution in [2.75, 3.05) is 16.8 Å². The van der Waals surface area contributed by atoms with E-state index in [0.717, 1.165) is 5.69 Å². The average Bonchev–Trinajstić information content (AvgIpc) is 3.17. The Morgan fingerprint density at radius 2 is 1.88 bits per heavy atom. The Morgan fingerprint density at radius 1 is 1.17 bits per heavy atom. The second-order valence-electron chi connectivity index (χ2n) is 6.93. The predicted octanol–water partition coefficient (Wildman–Crippen LogP) is 4.45. The van der Waals surface area contributed by atoms with E-state index in [9.17, 15) is 4.79 Å². The highest BCUT2D eigenvalue weighted by Gasteiger charge is 2.34. The monoisotopic (exact) mass is 384 g/mol. The molecule has 3 nitrogen and oxygen atoms in total. The van der Waals surface area contributed by atoms with Gasteiger partial charge in [-0.1, -0.05) is 12.1 Å². The van der Waals surface area contributed by atoms with Crippen LogP contribution >= 0.6 is 35.9 Å². The summed E-state index contributed by atoms with van der Waals surface area (Å²) in [6.45, 7) is 0. The van der Waals surface area contributed by atoms with Crippen LogP contribution in [0.4, 0.5) is 5.69 Å². The molecular weight excluding hydrogens is 360 g/mol. The van der Waals surface area contributed by atoms with Crippen molar-refractivity contribution >= 4 is 47.5 Å². The molecular formula is C18H25ClN2OS2. The number of anilines is 1. The van der Waals surface area contributed by atoms with Crippen LogP contribution in [0.3, 0.4) is 0 Å². The van der Waals surface area contributed by atoms with E-state index in [1.807, 2.05) is 29.6 Å². The van der Waals surface area contributed by atoms with Crippen molar-refractivity contribution in [2.24, 2.45) is 5.92 Å². The Labute approximate surface area is 158 Å². The average molecular weight is 385 g/mol. The molecule has 1 aromatic rings. The maximum Gasteiger partial charge on any atom is 0.224 e. The first-order valence-electron chi connectivity index (χ1n) is 8.65. The molecule has 1 amide bonds. The summed E-state index contributed by atoms with van der Waals surface area (Å²) >= 11 is 4.00. The number of benzene rings is 1. The Kier molecular flexibility index (Phi) is 6.41. The lowest BCUT2D eigenvalue weighted by molar-refractivity contribution is -0.117. The van der Waals surface area contributed by atoms with E-state index in [4.69, 9.17) is 0 Å². The third kappa shape index (κ3) is 4.43. The maximum absolute atomic E-state index is 12.4. The van der Waals surface area contributed by atoms with Gasteiger partial charge in [0.15, 0.2) is 0 Å². The van der Waals surface area contributed by atoms with E-state index >= 15 is 0 Å². The highest BCUT2D eigenvalue weighted by molar-refractivity contribution is 8.19. The zero-order valence-corrected chi connectivity index (χ0v) is 16.2. The van der Waals surface area contributed by atoms with E-state index in [2.05, 4.69) is 28.8 Å². The summed E-state index contributed by atoms with van der Waals surface area (Å²) in [5.41, 5.74) is 2.28. The number of carbonyl (C=O) groups excluding carboxylic acids is 1. The smallest absolute Gasteiger partial charge is 0.224 e. The number of carbonyl (C=O) groups is 1. The van der Waals surface area contributed by atoms with Crippen molar-refractivity contribution in [1.82, 2.24) is 5.32 Å². The molecule has 0 radical (unpaired) electrons. The van der Waals surface area contributed by atoms with Crippen LogP contribution in [-0.2, 0) is 4.79 Å². The number of nitrogens with one attached hydrogen (secondary N) is 2. The number of rotatable bonds is 4. The predicted molar refractivity (Wildman–Crippen MR) is 107 cm³/mol. The fourth-order valence-electron chi connectivity index (χ4n) is 4.13. The summed E-state index contributed by atoms with van der Waals surface area (Å²) in [5.74, 6) is 3.19. The molecule has 6 heteroatoms. The van der Waals surface area contributed by atoms with Crippen LogP contribution in [0.1, 0.15) is 42.2 Å². The van der Waals surface area contributed by atoms with Crippen LogP contribution in [-0.4, -0.2) is 29.5 Å². The second-order valence-corrected chi connectivity index (χ2v) is 9.65. The highest BCUT2D eigenvalue weighted by atomic mass is 35.5. The summed E-state index contributed by atoms with van der Waals surface area (Å²) in [6.07, 6.45) is 5.59. The fraction of sp³-hybridized carbons (Fsp3) is 0.611. The Hall–Kier alpha value is -0.360. The van der Waals surface area contributed by atoms with Crippen LogP contribution in [0.2, 0.25) is 0 Å². The van der Waals surface area contributed by atoms with Gasteiger partial charge in [-0.2, -0.15) is 0 Å². The van der Waals surface area contributed by atoms with Crippen LogP contribution in [0.25, 0.3) is 0 Å². The van der Waals surface area contributed by atoms with Gasteiger partial charge in [-0.25, -0.2) is 0 Å². The third-order valence-corrected chi connectivity index (χ3v) is 8.21. The van der Waals surface area contributed by atoms with Gasteiger partial charge >= 0.3 is 0 Å². The van der Waals surface area contributed by atoms with E-state index in [1.165, 1.54) is 42.8 Å². The molecule has 0 aromatic heterocycles. The minimum atomic E-state index is 0. The zero-order valence-electron chi connectivity index (χ0n) is 13.7. The minimum absolute atomic E-state index is 0. The quantitative estimate of drug-likeness (QED) is 0.804. The Balaban J connectivity index is 0.00000169. The summed E-state index contributed by atoms with van der Waals surface area (Å²) in [7, 11) is 0. The molecule has 0 spiro atoms. The standard InChI is InChI=1S/C18H24N2OS2.ClH/c21-17(10-12-8-15-4-5-16(9-12)19-15)20-14-3-1-2-13(11-14)18-22-6-7-23-18;/h1-3,11-12,15-16,18-19H,4-10H2,(H,20,21);1H. The molecule has 3 fully saturated rings. The molecule has 2 atom stereocenters. The molecule has 4 rings (SSSR count). The molecule has 3 aliphatic heterocycles. The third-order valence-electron chi connectivity index (χ3n) is 5.11. The SMILES string of the molecule is Cl.O=C(CC1CC2CCC(C1)N2)Nc1cccc(C2SCCS2)c1. The molecule has 2 N–H and O–H groups in total. The van der Waals surface area contributed by atoms with Gasteiger partial charge in [0.2, 0.25) is 5.91 Å². The minimum Gasteiger partial charge on any atom is -0.326 e. The summed E-state index contributed by atoms with van der Waals surface area (Å²) in [5, 5.41) is 6.77. The largest absolute Gasteiger partial charge is 0.326 e. The van der Waals surface area contributed by atoms with Crippen molar-refractivity contribution in [2.45, 2.75) is 48.8 Å².